The van der Waals surface area contributed by atoms with Crippen molar-refractivity contribution in [3.8, 4) is 0 Å². The van der Waals surface area contributed by atoms with E-state index in [1.54, 1.807) is 12.1 Å². The topological polar surface area (TPSA) is 79.5 Å². The molecule has 1 atom stereocenters. The molecule has 7 heteroatoms. The summed E-state index contributed by atoms with van der Waals surface area (Å²) in [6.45, 7) is 2.83. The maximum absolute atomic E-state index is 13.1. The molecule has 1 heterocycles. The summed E-state index contributed by atoms with van der Waals surface area (Å²) in [6, 6.07) is 6.83. The van der Waals surface area contributed by atoms with Crippen molar-refractivity contribution in [2.24, 2.45) is 0 Å². The van der Waals surface area contributed by atoms with Gasteiger partial charge in [0.25, 0.3) is 0 Å². The molecular formula is C15H18FNO4S. The number of hydrogen-bond acceptors (Lipinski definition) is 4. The highest BCUT2D eigenvalue weighted by Crippen LogP contribution is 2.18. The largest absolute Gasteiger partial charge is 0.469 e. The lowest BCUT2D eigenvalue weighted by Crippen LogP contribution is -2.42. The Kier molecular flexibility index (Phi) is 4.69. The van der Waals surface area contributed by atoms with Crippen LogP contribution in [-0.2, 0) is 16.4 Å². The first kappa shape index (κ1) is 16.7. The molecule has 1 aromatic heterocycles. The zero-order valence-electron chi connectivity index (χ0n) is 12.3. The van der Waals surface area contributed by atoms with Crippen LogP contribution in [0.25, 0.3) is 0 Å². The molecule has 0 amide bonds. The molecule has 0 aliphatic rings. The number of aryl methyl sites for hydroxylation is 1. The lowest BCUT2D eigenvalue weighted by molar-refractivity contribution is 0.0603. The summed E-state index contributed by atoms with van der Waals surface area (Å²) in [4.78, 5) is -0.0114. The van der Waals surface area contributed by atoms with Gasteiger partial charge in [-0.1, -0.05) is 0 Å². The second-order valence-electron chi connectivity index (χ2n) is 5.49. The minimum absolute atomic E-state index is 0.0114. The molecule has 0 aliphatic heterocycles. The fourth-order valence-corrected chi connectivity index (χ4v) is 3.48. The fraction of sp³-hybridized carbons (Fsp3) is 0.333. The van der Waals surface area contributed by atoms with Gasteiger partial charge >= 0.3 is 0 Å². The Morgan fingerprint density at radius 1 is 1.36 bits per heavy atom. The van der Waals surface area contributed by atoms with E-state index >= 15 is 0 Å². The lowest BCUT2D eigenvalue weighted by atomic mass is 10.0. The normalized spacial score (nSPS) is 14.7. The molecule has 22 heavy (non-hydrogen) atoms. The van der Waals surface area contributed by atoms with Gasteiger partial charge in [0, 0.05) is 13.0 Å². The molecule has 120 valence electrons. The van der Waals surface area contributed by atoms with Crippen LogP contribution >= 0.6 is 0 Å². The quantitative estimate of drug-likeness (QED) is 0.850. The van der Waals surface area contributed by atoms with Crippen molar-refractivity contribution in [3.63, 3.8) is 0 Å². The van der Waals surface area contributed by atoms with Gasteiger partial charge in [-0.05, 0) is 49.7 Å². The second kappa shape index (κ2) is 6.20. The summed E-state index contributed by atoms with van der Waals surface area (Å²) in [5, 5.41) is 10.3. The predicted molar refractivity (Wildman–Crippen MR) is 79.4 cm³/mol. The van der Waals surface area contributed by atoms with Crippen LogP contribution in [0.3, 0.4) is 0 Å². The average molecular weight is 327 g/mol. The molecule has 5 nitrogen and oxygen atoms in total. The third-order valence-electron chi connectivity index (χ3n) is 3.20. The van der Waals surface area contributed by atoms with Gasteiger partial charge in [0.15, 0.2) is 0 Å². The number of hydrogen-bond donors (Lipinski definition) is 2. The van der Waals surface area contributed by atoms with Crippen LogP contribution in [0.2, 0.25) is 0 Å². The molecule has 2 aromatic rings. The monoisotopic (exact) mass is 327 g/mol. The SMILES string of the molecule is Cc1cc(F)ccc1S(=O)(=O)NCC(C)(O)Cc1ccco1. The third kappa shape index (κ3) is 4.16. The highest BCUT2D eigenvalue weighted by atomic mass is 32.2. The molecule has 0 aliphatic carbocycles. The molecule has 2 N–H and O–H groups in total. The second-order valence-corrected chi connectivity index (χ2v) is 7.22. The van der Waals surface area contributed by atoms with E-state index in [-0.39, 0.29) is 17.9 Å². The maximum atomic E-state index is 13.1. The van der Waals surface area contributed by atoms with Crippen molar-refractivity contribution >= 4 is 10.0 Å². The highest BCUT2D eigenvalue weighted by molar-refractivity contribution is 7.89. The summed E-state index contributed by atoms with van der Waals surface area (Å²) >= 11 is 0. The Balaban J connectivity index is 2.08. The number of sulfonamides is 1. The van der Waals surface area contributed by atoms with Crippen LogP contribution in [0.15, 0.2) is 45.9 Å². The Labute approximate surface area is 128 Å². The fourth-order valence-electron chi connectivity index (χ4n) is 2.09. The predicted octanol–water partition coefficient (Wildman–Crippen LogP) is 2.00. The van der Waals surface area contributed by atoms with Gasteiger partial charge < -0.3 is 9.52 Å². The van der Waals surface area contributed by atoms with E-state index in [0.29, 0.717) is 11.3 Å². The molecule has 0 saturated carbocycles. The Hall–Kier alpha value is -1.70. The standard InChI is InChI=1S/C15H18FNO4S/c1-11-8-12(16)5-6-14(11)22(19,20)17-10-15(2,18)9-13-4-3-7-21-13/h3-8,17-18H,9-10H2,1-2H3. The first-order valence-corrected chi connectivity index (χ1v) is 8.18. The van der Waals surface area contributed by atoms with Crippen molar-refractivity contribution < 1.29 is 22.3 Å². The Bertz CT molecular complexity index is 739. The first-order chi connectivity index (χ1) is 10.2. The van der Waals surface area contributed by atoms with Gasteiger partial charge in [-0.25, -0.2) is 17.5 Å². The number of aliphatic hydroxyl groups is 1. The summed E-state index contributed by atoms with van der Waals surface area (Å²) in [5.41, 5.74) is -1.00. The van der Waals surface area contributed by atoms with Gasteiger partial charge in [0.2, 0.25) is 10.0 Å². The Morgan fingerprint density at radius 3 is 2.68 bits per heavy atom. The summed E-state index contributed by atoms with van der Waals surface area (Å²) in [7, 11) is -3.83. The average Bonchev–Trinajstić information content (AvgIpc) is 2.88. The number of halogens is 1. The van der Waals surface area contributed by atoms with E-state index in [0.717, 1.165) is 12.1 Å². The lowest BCUT2D eigenvalue weighted by Gasteiger charge is -2.22. The van der Waals surface area contributed by atoms with Crippen molar-refractivity contribution in [1.82, 2.24) is 4.72 Å². The van der Waals surface area contributed by atoms with Crippen LogP contribution < -0.4 is 4.72 Å². The zero-order valence-corrected chi connectivity index (χ0v) is 13.2. The minimum atomic E-state index is -3.83. The van der Waals surface area contributed by atoms with E-state index in [9.17, 15) is 17.9 Å². The van der Waals surface area contributed by atoms with E-state index in [1.165, 1.54) is 26.2 Å². The number of furan rings is 1. The Morgan fingerprint density at radius 2 is 2.09 bits per heavy atom. The molecule has 1 unspecified atom stereocenters. The van der Waals surface area contributed by atoms with Gasteiger partial charge in [-0.3, -0.25) is 0 Å². The number of rotatable bonds is 6. The zero-order chi connectivity index (χ0) is 16.4. The van der Waals surface area contributed by atoms with Crippen LogP contribution in [0.5, 0.6) is 0 Å². The highest BCUT2D eigenvalue weighted by Gasteiger charge is 2.26. The number of benzene rings is 1. The van der Waals surface area contributed by atoms with Crippen molar-refractivity contribution in [1.29, 1.82) is 0 Å². The molecule has 0 fully saturated rings. The van der Waals surface area contributed by atoms with Gasteiger partial charge in [0.1, 0.15) is 11.6 Å². The summed E-state index contributed by atoms with van der Waals surface area (Å²) in [6.07, 6.45) is 1.66. The van der Waals surface area contributed by atoms with Crippen LogP contribution in [-0.4, -0.2) is 25.7 Å². The van der Waals surface area contributed by atoms with Crippen molar-refractivity contribution in [2.75, 3.05) is 6.54 Å². The van der Waals surface area contributed by atoms with Crippen LogP contribution in [0, 0.1) is 12.7 Å². The molecule has 1 aromatic carbocycles. The van der Waals surface area contributed by atoms with E-state index < -0.39 is 21.4 Å². The third-order valence-corrected chi connectivity index (χ3v) is 4.77. The number of nitrogens with one attached hydrogen (secondary N) is 1. The minimum Gasteiger partial charge on any atom is -0.469 e. The molecule has 0 bridgehead atoms. The molecule has 2 rings (SSSR count). The molecule has 0 spiro atoms. The van der Waals surface area contributed by atoms with Crippen molar-refractivity contribution in [2.45, 2.75) is 30.8 Å². The van der Waals surface area contributed by atoms with Crippen LogP contribution in [0.1, 0.15) is 18.2 Å². The van der Waals surface area contributed by atoms with E-state index in [1.807, 2.05) is 0 Å². The van der Waals surface area contributed by atoms with E-state index in [4.69, 9.17) is 4.42 Å². The molecule has 0 saturated heterocycles. The smallest absolute Gasteiger partial charge is 0.240 e. The van der Waals surface area contributed by atoms with Gasteiger partial charge in [0.05, 0.1) is 16.8 Å². The van der Waals surface area contributed by atoms with E-state index in [2.05, 4.69) is 4.72 Å². The summed E-state index contributed by atoms with van der Waals surface area (Å²) in [5.74, 6) is 0.0587. The first-order valence-electron chi connectivity index (χ1n) is 6.70. The maximum Gasteiger partial charge on any atom is 0.240 e. The van der Waals surface area contributed by atoms with Crippen LogP contribution in [0.4, 0.5) is 4.39 Å². The van der Waals surface area contributed by atoms with Gasteiger partial charge in [-0.2, -0.15) is 0 Å². The molecular weight excluding hydrogens is 309 g/mol. The molecule has 0 radical (unpaired) electrons. The van der Waals surface area contributed by atoms with Crippen molar-refractivity contribution in [3.05, 3.63) is 53.7 Å². The summed E-state index contributed by atoms with van der Waals surface area (Å²) < 4.78 is 45.0. The van der Waals surface area contributed by atoms with Gasteiger partial charge in [-0.15, -0.1) is 0 Å².